The molecule has 5 nitrogen and oxygen atoms in total. The van der Waals surface area contributed by atoms with Gasteiger partial charge in [0.05, 0.1) is 5.52 Å². The molecule has 5 rings (SSSR count). The summed E-state index contributed by atoms with van der Waals surface area (Å²) in [4.78, 5) is 15.1. The summed E-state index contributed by atoms with van der Waals surface area (Å²) >= 11 is 0. The van der Waals surface area contributed by atoms with E-state index in [0.717, 1.165) is 23.9 Å². The van der Waals surface area contributed by atoms with E-state index in [1.807, 2.05) is 31.3 Å². The van der Waals surface area contributed by atoms with Crippen molar-refractivity contribution in [2.45, 2.75) is 31.3 Å². The maximum Gasteiger partial charge on any atom is 0.272 e. The first kappa shape index (κ1) is 13.8. The molecule has 0 spiro atoms. The van der Waals surface area contributed by atoms with Crippen LogP contribution in [-0.4, -0.2) is 46.3 Å². The van der Waals surface area contributed by atoms with E-state index in [1.165, 1.54) is 12.8 Å². The van der Waals surface area contributed by atoms with Crippen molar-refractivity contribution >= 4 is 16.8 Å². The minimum Gasteiger partial charge on any atom is -0.348 e. The molecule has 1 aromatic heterocycles. The maximum atomic E-state index is 12.7. The van der Waals surface area contributed by atoms with Gasteiger partial charge in [0.2, 0.25) is 0 Å². The quantitative estimate of drug-likeness (QED) is 0.919. The molecule has 3 unspecified atom stereocenters. The number of carbonyl (C=O) groups is 1. The van der Waals surface area contributed by atoms with Crippen molar-refractivity contribution in [3.8, 4) is 0 Å². The fourth-order valence-electron chi connectivity index (χ4n) is 4.14. The molecule has 2 aliphatic heterocycles. The van der Waals surface area contributed by atoms with E-state index in [-0.39, 0.29) is 5.91 Å². The van der Waals surface area contributed by atoms with E-state index in [1.54, 1.807) is 4.68 Å². The van der Waals surface area contributed by atoms with Crippen LogP contribution in [0.4, 0.5) is 0 Å². The van der Waals surface area contributed by atoms with Gasteiger partial charge in [-0.15, -0.1) is 0 Å². The molecule has 1 aromatic carbocycles. The highest BCUT2D eigenvalue weighted by Gasteiger charge is 2.39. The minimum absolute atomic E-state index is 0.0306. The van der Waals surface area contributed by atoms with Gasteiger partial charge in [0, 0.05) is 31.1 Å². The lowest BCUT2D eigenvalue weighted by Gasteiger charge is -2.48. The number of amides is 1. The Morgan fingerprint density at radius 1 is 1.27 bits per heavy atom. The van der Waals surface area contributed by atoms with Gasteiger partial charge in [0.1, 0.15) is 0 Å². The first-order chi connectivity index (χ1) is 10.6. The fraction of sp³-hybridized carbons (Fsp3) is 0.529. The SMILES string of the molecule is CN1CC2CCC1CC2NC(=O)c1nn(C)c2ccccc12. The summed E-state index contributed by atoms with van der Waals surface area (Å²) < 4.78 is 1.78. The summed E-state index contributed by atoms with van der Waals surface area (Å²) in [5, 5.41) is 8.61. The molecule has 22 heavy (non-hydrogen) atoms. The largest absolute Gasteiger partial charge is 0.348 e. The van der Waals surface area contributed by atoms with E-state index in [0.29, 0.717) is 23.7 Å². The Morgan fingerprint density at radius 3 is 2.82 bits per heavy atom. The first-order valence-electron chi connectivity index (χ1n) is 8.06. The Hall–Kier alpha value is -1.88. The van der Waals surface area contributed by atoms with E-state index in [9.17, 15) is 4.79 Å². The number of fused-ring (bicyclic) bond motifs is 4. The zero-order valence-electron chi connectivity index (χ0n) is 13.1. The van der Waals surface area contributed by atoms with E-state index >= 15 is 0 Å². The van der Waals surface area contributed by atoms with Crippen molar-refractivity contribution in [2.75, 3.05) is 13.6 Å². The number of benzene rings is 1. The van der Waals surface area contributed by atoms with Crippen LogP contribution in [0.3, 0.4) is 0 Å². The fourth-order valence-corrected chi connectivity index (χ4v) is 4.14. The van der Waals surface area contributed by atoms with E-state index in [2.05, 4.69) is 22.4 Å². The molecule has 1 N–H and O–H groups in total. The third kappa shape index (κ3) is 2.11. The number of carbonyl (C=O) groups excluding carboxylic acids is 1. The second-order valence-electron chi connectivity index (χ2n) is 6.74. The number of piperidine rings is 2. The number of nitrogens with one attached hydrogen (secondary N) is 1. The van der Waals surface area contributed by atoms with Crippen molar-refractivity contribution < 1.29 is 4.79 Å². The van der Waals surface area contributed by atoms with Gasteiger partial charge >= 0.3 is 0 Å². The Labute approximate surface area is 130 Å². The summed E-state index contributed by atoms with van der Waals surface area (Å²) in [6.07, 6.45) is 3.56. The number of rotatable bonds is 2. The summed E-state index contributed by atoms with van der Waals surface area (Å²) in [6.45, 7) is 1.10. The van der Waals surface area contributed by atoms with Crippen molar-refractivity contribution in [1.82, 2.24) is 20.0 Å². The smallest absolute Gasteiger partial charge is 0.272 e. The molecule has 1 amide bonds. The first-order valence-corrected chi connectivity index (χ1v) is 8.06. The molecule has 2 bridgehead atoms. The highest BCUT2D eigenvalue weighted by atomic mass is 16.2. The molecule has 1 saturated carbocycles. The highest BCUT2D eigenvalue weighted by molar-refractivity contribution is 6.04. The van der Waals surface area contributed by atoms with Gasteiger partial charge < -0.3 is 10.2 Å². The average molecular weight is 298 g/mol. The molecule has 116 valence electrons. The Morgan fingerprint density at radius 2 is 2.09 bits per heavy atom. The summed E-state index contributed by atoms with van der Waals surface area (Å²) in [6, 6.07) is 8.81. The van der Waals surface area contributed by atoms with Crippen LogP contribution in [0.25, 0.3) is 10.9 Å². The van der Waals surface area contributed by atoms with Crippen LogP contribution in [-0.2, 0) is 7.05 Å². The topological polar surface area (TPSA) is 50.2 Å². The monoisotopic (exact) mass is 298 g/mol. The minimum atomic E-state index is -0.0306. The van der Waals surface area contributed by atoms with Gasteiger partial charge in [0.15, 0.2) is 5.69 Å². The van der Waals surface area contributed by atoms with Gasteiger partial charge in [-0.25, -0.2) is 0 Å². The standard InChI is InChI=1S/C17H22N4O/c1-20-10-11-7-8-12(20)9-14(11)18-17(22)16-13-5-3-4-6-15(13)21(2)19-16/h3-6,11-12,14H,7-10H2,1-2H3,(H,18,22). The van der Waals surface area contributed by atoms with Crippen molar-refractivity contribution in [3.05, 3.63) is 30.0 Å². The number of aryl methyl sites for hydroxylation is 1. The average Bonchev–Trinajstić information content (AvgIpc) is 2.86. The molecular formula is C17H22N4O. The van der Waals surface area contributed by atoms with E-state index in [4.69, 9.17) is 0 Å². The van der Waals surface area contributed by atoms with Crippen LogP contribution in [0, 0.1) is 5.92 Å². The molecular weight excluding hydrogens is 276 g/mol. The predicted molar refractivity (Wildman–Crippen MR) is 85.7 cm³/mol. The molecule has 2 aromatic rings. The van der Waals surface area contributed by atoms with Crippen LogP contribution in [0.15, 0.2) is 24.3 Å². The number of aromatic nitrogens is 2. The molecule has 3 atom stereocenters. The zero-order chi connectivity index (χ0) is 15.3. The van der Waals surface area contributed by atoms with Gasteiger partial charge in [-0.3, -0.25) is 9.48 Å². The number of nitrogens with zero attached hydrogens (tertiary/aromatic N) is 3. The number of hydrogen-bond donors (Lipinski definition) is 1. The van der Waals surface area contributed by atoms with Crippen molar-refractivity contribution in [1.29, 1.82) is 0 Å². The third-order valence-electron chi connectivity index (χ3n) is 5.40. The molecule has 3 heterocycles. The van der Waals surface area contributed by atoms with E-state index < -0.39 is 0 Å². The Kier molecular flexibility index (Phi) is 3.18. The molecule has 0 radical (unpaired) electrons. The van der Waals surface area contributed by atoms with Crippen LogP contribution in [0.2, 0.25) is 0 Å². The normalized spacial score (nSPS) is 28.2. The van der Waals surface area contributed by atoms with Crippen molar-refractivity contribution in [2.24, 2.45) is 13.0 Å². The molecule has 3 fully saturated rings. The maximum absolute atomic E-state index is 12.7. The summed E-state index contributed by atoms with van der Waals surface area (Å²) in [5.41, 5.74) is 1.55. The van der Waals surface area contributed by atoms with Crippen LogP contribution < -0.4 is 5.32 Å². The summed E-state index contributed by atoms with van der Waals surface area (Å²) in [5.74, 6) is 0.547. The Balaban J connectivity index is 1.57. The lowest BCUT2D eigenvalue weighted by Crippen LogP contribution is -2.57. The zero-order valence-corrected chi connectivity index (χ0v) is 13.1. The molecule has 1 aliphatic carbocycles. The van der Waals surface area contributed by atoms with Crippen LogP contribution >= 0.6 is 0 Å². The van der Waals surface area contributed by atoms with Gasteiger partial charge in [0.25, 0.3) is 5.91 Å². The summed E-state index contributed by atoms with van der Waals surface area (Å²) in [7, 11) is 4.08. The van der Waals surface area contributed by atoms with Gasteiger partial charge in [-0.1, -0.05) is 18.2 Å². The number of para-hydroxylation sites is 1. The number of hydrogen-bond acceptors (Lipinski definition) is 3. The lowest BCUT2D eigenvalue weighted by molar-refractivity contribution is 0.0397. The third-order valence-corrected chi connectivity index (χ3v) is 5.40. The van der Waals surface area contributed by atoms with Crippen LogP contribution in [0.5, 0.6) is 0 Å². The van der Waals surface area contributed by atoms with Crippen LogP contribution in [0.1, 0.15) is 29.8 Å². The van der Waals surface area contributed by atoms with Crippen molar-refractivity contribution in [3.63, 3.8) is 0 Å². The van der Waals surface area contributed by atoms with Gasteiger partial charge in [-0.2, -0.15) is 5.10 Å². The lowest BCUT2D eigenvalue weighted by atomic mass is 9.76. The molecule has 5 heteroatoms. The molecule has 2 saturated heterocycles. The van der Waals surface area contributed by atoms with Gasteiger partial charge in [-0.05, 0) is 38.3 Å². The Bertz CT molecular complexity index is 723. The highest BCUT2D eigenvalue weighted by Crippen LogP contribution is 2.34. The second kappa shape index (κ2) is 5.09. The second-order valence-corrected chi connectivity index (χ2v) is 6.74. The predicted octanol–water partition coefficient (Wildman–Crippen LogP) is 1.79. The molecule has 3 aliphatic rings.